The predicted molar refractivity (Wildman–Crippen MR) is 284 cm³/mol. The Labute approximate surface area is 394 Å². The molecule has 8 aromatic carbocycles. The van der Waals surface area contributed by atoms with Gasteiger partial charge in [-0.25, -0.2) is 0 Å². The van der Waals surface area contributed by atoms with E-state index in [0.29, 0.717) is 0 Å². The highest BCUT2D eigenvalue weighted by Crippen LogP contribution is 2.58. The highest BCUT2D eigenvalue weighted by molar-refractivity contribution is 5.99. The topological polar surface area (TPSA) is 15.3 Å². The number of rotatable bonds is 6. The van der Waals surface area contributed by atoms with Crippen LogP contribution in [0.25, 0.3) is 44.5 Å². The van der Waals surface area contributed by atoms with Gasteiger partial charge >= 0.3 is 0 Å². The van der Waals surface area contributed by atoms with E-state index < -0.39 is 0 Å². The van der Waals surface area contributed by atoms with E-state index in [0.717, 1.165) is 17.8 Å². The highest BCUT2D eigenvalue weighted by atomic mass is 15.2. The summed E-state index contributed by atoms with van der Waals surface area (Å²) in [5.41, 5.74) is 25.1. The van der Waals surface area contributed by atoms with Crippen molar-refractivity contribution in [1.82, 2.24) is 0 Å². The minimum absolute atomic E-state index is 0.0292. The number of nitrogens with one attached hydrogen (secondary N) is 1. The van der Waals surface area contributed by atoms with Gasteiger partial charge in [-0.15, -0.1) is 0 Å². The van der Waals surface area contributed by atoms with E-state index in [4.69, 9.17) is 0 Å². The minimum Gasteiger partial charge on any atom is -0.355 e. The Morgan fingerprint density at radius 3 is 1.62 bits per heavy atom. The maximum absolute atomic E-state index is 3.96. The van der Waals surface area contributed by atoms with E-state index in [-0.39, 0.29) is 21.7 Å². The molecule has 0 saturated heterocycles. The van der Waals surface area contributed by atoms with Crippen LogP contribution in [0.1, 0.15) is 115 Å². The van der Waals surface area contributed by atoms with E-state index in [9.17, 15) is 0 Å². The molecule has 1 heterocycles. The van der Waals surface area contributed by atoms with Crippen LogP contribution < -0.4 is 10.2 Å². The van der Waals surface area contributed by atoms with Gasteiger partial charge in [0.2, 0.25) is 0 Å². The molecule has 330 valence electrons. The molecule has 0 bridgehead atoms. The Kier molecular flexibility index (Phi) is 10.3. The molecule has 0 aromatic heterocycles. The van der Waals surface area contributed by atoms with Crippen molar-refractivity contribution >= 4 is 28.4 Å². The van der Waals surface area contributed by atoms with E-state index in [1.807, 2.05) is 0 Å². The number of benzene rings is 8. The molecule has 0 atom stereocenters. The molecule has 0 amide bonds. The van der Waals surface area contributed by atoms with Crippen molar-refractivity contribution < 1.29 is 0 Å². The average Bonchev–Trinajstić information content (AvgIpc) is 3.53. The van der Waals surface area contributed by atoms with Crippen LogP contribution in [-0.2, 0) is 28.1 Å². The van der Waals surface area contributed by atoms with Crippen LogP contribution in [0.4, 0.5) is 28.4 Å². The largest absolute Gasteiger partial charge is 0.355 e. The lowest BCUT2D eigenvalue weighted by Gasteiger charge is -2.39. The van der Waals surface area contributed by atoms with Crippen LogP contribution in [0.3, 0.4) is 0 Å². The van der Waals surface area contributed by atoms with Gasteiger partial charge in [-0.1, -0.05) is 191 Å². The average molecular weight is 861 g/mol. The normalized spacial score (nSPS) is 14.0. The van der Waals surface area contributed by atoms with Gasteiger partial charge in [-0.2, -0.15) is 0 Å². The standard InChI is InChI=1S/C64H64N2/c1-61(2,3)44-26-30-47(31-27-44)65-56-33-28-45(62(4,5)6)39-52(56)51-36-43(41-20-14-12-15-21-41)37-59-53(51)40-54-58(35-32-49-48-24-18-19-25-55(48)64(10,11)60(49)54)66(59)57-34-29-46(63(7,8)9)38-50(57)42-22-16-13-17-23-42/h12-39,65H,40H2,1-11H3. The lowest BCUT2D eigenvalue weighted by molar-refractivity contribution is 0.590. The molecule has 0 spiro atoms. The fraction of sp³-hybridized carbons (Fsp3) is 0.250. The summed E-state index contributed by atoms with van der Waals surface area (Å²) in [6.45, 7) is 25.6. The minimum atomic E-state index is -0.193. The number of nitrogens with zero attached hydrogens (tertiary/aromatic N) is 1. The molecule has 8 aromatic rings. The second kappa shape index (κ2) is 15.8. The Hall–Kier alpha value is -6.64. The van der Waals surface area contributed by atoms with Crippen LogP contribution in [0.2, 0.25) is 0 Å². The van der Waals surface area contributed by atoms with Gasteiger partial charge in [-0.05, 0) is 143 Å². The molecule has 1 aliphatic carbocycles. The maximum atomic E-state index is 3.96. The van der Waals surface area contributed by atoms with Gasteiger partial charge in [0.05, 0.1) is 17.1 Å². The van der Waals surface area contributed by atoms with Crippen LogP contribution in [0.15, 0.2) is 170 Å². The monoisotopic (exact) mass is 861 g/mol. The lowest BCUT2D eigenvalue weighted by Crippen LogP contribution is -2.25. The Morgan fingerprint density at radius 1 is 0.409 bits per heavy atom. The third-order valence-corrected chi connectivity index (χ3v) is 14.4. The SMILES string of the molecule is CC(C)(C)c1ccc(Nc2ccc(C(C)(C)C)cc2-c2cc(-c3ccccc3)cc3c2Cc2c(ccc4c2C(C)(C)c2ccccc2-4)N3c2ccc(C(C)(C)C)cc2-c2ccccc2)cc1. The zero-order chi connectivity index (χ0) is 46.3. The van der Waals surface area contributed by atoms with Gasteiger partial charge in [-0.3, -0.25) is 0 Å². The van der Waals surface area contributed by atoms with Crippen molar-refractivity contribution in [3.8, 4) is 44.5 Å². The van der Waals surface area contributed by atoms with Crippen molar-refractivity contribution in [3.63, 3.8) is 0 Å². The molecule has 1 N–H and O–H groups in total. The Bertz CT molecular complexity index is 3130. The summed E-state index contributed by atoms with van der Waals surface area (Å²) in [5.74, 6) is 0. The van der Waals surface area contributed by atoms with Crippen molar-refractivity contribution in [3.05, 3.63) is 209 Å². The number of anilines is 5. The molecule has 0 unspecified atom stereocenters. The Morgan fingerprint density at radius 2 is 0.970 bits per heavy atom. The zero-order valence-electron chi connectivity index (χ0n) is 40.8. The fourth-order valence-electron chi connectivity index (χ4n) is 10.6. The molecule has 0 saturated carbocycles. The first-order valence-corrected chi connectivity index (χ1v) is 23.9. The molecular weight excluding hydrogens is 797 g/mol. The van der Waals surface area contributed by atoms with Gasteiger partial charge in [0, 0.05) is 34.3 Å². The van der Waals surface area contributed by atoms with Gasteiger partial charge in [0.25, 0.3) is 0 Å². The zero-order valence-corrected chi connectivity index (χ0v) is 40.8. The van der Waals surface area contributed by atoms with Crippen LogP contribution in [0, 0.1) is 0 Å². The lowest BCUT2D eigenvalue weighted by atomic mass is 9.76. The molecule has 2 nitrogen and oxygen atoms in total. The number of hydrogen-bond acceptors (Lipinski definition) is 2. The first-order valence-electron chi connectivity index (χ1n) is 23.9. The second-order valence-electron chi connectivity index (χ2n) is 22.4. The molecular formula is C64H64N2. The summed E-state index contributed by atoms with van der Waals surface area (Å²) in [6, 6.07) is 64.2. The van der Waals surface area contributed by atoms with Crippen LogP contribution in [0.5, 0.6) is 0 Å². The van der Waals surface area contributed by atoms with Crippen LogP contribution in [-0.4, -0.2) is 0 Å². The van der Waals surface area contributed by atoms with E-state index in [2.05, 4.69) is 256 Å². The number of hydrogen-bond donors (Lipinski definition) is 1. The van der Waals surface area contributed by atoms with E-state index in [1.54, 1.807) is 0 Å². The first kappa shape index (κ1) is 43.3. The maximum Gasteiger partial charge on any atom is 0.0540 e. The summed E-state index contributed by atoms with van der Waals surface area (Å²) < 4.78 is 0. The summed E-state index contributed by atoms with van der Waals surface area (Å²) in [6.07, 6.45) is 0.798. The second-order valence-corrected chi connectivity index (χ2v) is 22.4. The van der Waals surface area contributed by atoms with Crippen molar-refractivity contribution in [2.24, 2.45) is 0 Å². The summed E-state index contributed by atoms with van der Waals surface area (Å²) in [4.78, 5) is 2.63. The first-order chi connectivity index (χ1) is 31.4. The molecule has 0 fully saturated rings. The fourth-order valence-corrected chi connectivity index (χ4v) is 10.6. The summed E-state index contributed by atoms with van der Waals surface area (Å²) >= 11 is 0. The molecule has 2 aliphatic rings. The molecule has 66 heavy (non-hydrogen) atoms. The molecule has 10 rings (SSSR count). The van der Waals surface area contributed by atoms with Crippen molar-refractivity contribution in [1.29, 1.82) is 0 Å². The van der Waals surface area contributed by atoms with Gasteiger partial charge < -0.3 is 10.2 Å². The Balaban J connectivity index is 1.30. The van der Waals surface area contributed by atoms with Gasteiger partial charge in [0.1, 0.15) is 0 Å². The smallest absolute Gasteiger partial charge is 0.0540 e. The third kappa shape index (κ3) is 7.55. The van der Waals surface area contributed by atoms with Crippen LogP contribution >= 0.6 is 0 Å². The summed E-state index contributed by atoms with van der Waals surface area (Å²) in [7, 11) is 0. The molecule has 0 radical (unpaired) electrons. The number of fused-ring (bicyclic) bond motifs is 6. The third-order valence-electron chi connectivity index (χ3n) is 14.4. The van der Waals surface area contributed by atoms with E-state index >= 15 is 0 Å². The van der Waals surface area contributed by atoms with Gasteiger partial charge in [0.15, 0.2) is 0 Å². The van der Waals surface area contributed by atoms with E-state index in [1.165, 1.54) is 101 Å². The quantitative estimate of drug-likeness (QED) is 0.179. The predicted octanol–water partition coefficient (Wildman–Crippen LogP) is 18.0. The highest BCUT2D eigenvalue weighted by Gasteiger charge is 2.41. The van der Waals surface area contributed by atoms with Crippen molar-refractivity contribution in [2.75, 3.05) is 10.2 Å². The summed E-state index contributed by atoms with van der Waals surface area (Å²) in [5, 5.41) is 3.96. The molecule has 2 heteroatoms. The molecule has 1 aliphatic heterocycles. The van der Waals surface area contributed by atoms with Crippen molar-refractivity contribution in [2.45, 2.75) is 104 Å².